The van der Waals surface area contributed by atoms with E-state index in [0.29, 0.717) is 25.9 Å². The fraction of sp³-hybridized carbons (Fsp3) is 0.348. The van der Waals surface area contributed by atoms with Crippen LogP contribution in [0.1, 0.15) is 29.7 Å². The van der Waals surface area contributed by atoms with Crippen molar-refractivity contribution < 1.29 is 26.3 Å². The molecule has 2 heterocycles. The van der Waals surface area contributed by atoms with Crippen molar-refractivity contribution in [3.63, 3.8) is 0 Å². The van der Waals surface area contributed by atoms with Crippen molar-refractivity contribution in [2.24, 2.45) is 0 Å². The molecule has 3 aromatic rings. The molecular formula is C23H23F3N2O3S2. The zero-order valence-corrected chi connectivity index (χ0v) is 19.5. The summed E-state index contributed by atoms with van der Waals surface area (Å²) in [6.45, 7) is 3.18. The van der Waals surface area contributed by atoms with Crippen LogP contribution in [-0.2, 0) is 16.3 Å². The third kappa shape index (κ3) is 5.67. The highest BCUT2D eigenvalue weighted by molar-refractivity contribution is 7.92. The van der Waals surface area contributed by atoms with Crippen LogP contribution in [0.5, 0.6) is 5.75 Å². The van der Waals surface area contributed by atoms with Crippen LogP contribution >= 0.6 is 11.3 Å². The minimum absolute atomic E-state index is 0.00485. The van der Waals surface area contributed by atoms with E-state index < -0.39 is 27.2 Å². The number of nitrogens with zero attached hydrogens (tertiary/aromatic N) is 2. The normalized spacial score (nSPS) is 15.6. The van der Waals surface area contributed by atoms with Gasteiger partial charge in [-0.05, 0) is 55.2 Å². The second-order valence-corrected chi connectivity index (χ2v) is 11.0. The zero-order valence-electron chi connectivity index (χ0n) is 17.9. The number of ether oxygens (including phenoxy) is 1. The van der Waals surface area contributed by atoms with Gasteiger partial charge in [0.05, 0.1) is 15.8 Å². The van der Waals surface area contributed by atoms with Gasteiger partial charge in [0, 0.05) is 24.9 Å². The Hall–Kier alpha value is -2.59. The molecule has 10 heteroatoms. The van der Waals surface area contributed by atoms with Crippen LogP contribution in [0.25, 0.3) is 0 Å². The third-order valence-electron chi connectivity index (χ3n) is 5.71. The summed E-state index contributed by atoms with van der Waals surface area (Å²) in [5.74, 6) is -0.443. The number of anilines is 1. The molecule has 1 aromatic heterocycles. The zero-order chi connectivity index (χ0) is 23.6. The Kier molecular flexibility index (Phi) is 6.67. The van der Waals surface area contributed by atoms with E-state index in [-0.39, 0.29) is 4.90 Å². The quantitative estimate of drug-likeness (QED) is 0.458. The fourth-order valence-corrected chi connectivity index (χ4v) is 6.52. The second-order valence-electron chi connectivity index (χ2n) is 7.98. The van der Waals surface area contributed by atoms with Gasteiger partial charge in [-0.2, -0.15) is 0 Å². The van der Waals surface area contributed by atoms with Gasteiger partial charge in [-0.1, -0.05) is 24.3 Å². The highest BCUT2D eigenvalue weighted by Crippen LogP contribution is 2.31. The van der Waals surface area contributed by atoms with Crippen LogP contribution in [0.3, 0.4) is 0 Å². The first-order chi connectivity index (χ1) is 15.6. The molecule has 5 nitrogen and oxygen atoms in total. The maximum atomic E-state index is 13.0. The van der Waals surface area contributed by atoms with Crippen LogP contribution in [0.2, 0.25) is 0 Å². The SMILES string of the molecule is Cc1ccccc1Cc1csc(N2CCC(S(=O)(=O)c3ccc(OC(F)(F)F)cc3)CC2)n1. The number of aryl methyl sites for hydroxylation is 1. The Morgan fingerprint density at radius 3 is 2.39 bits per heavy atom. The molecule has 0 amide bonds. The number of aromatic nitrogens is 1. The van der Waals surface area contributed by atoms with Crippen LogP contribution in [0, 0.1) is 6.92 Å². The number of sulfone groups is 1. The van der Waals surface area contributed by atoms with Gasteiger partial charge in [0.1, 0.15) is 5.75 Å². The molecule has 4 rings (SSSR count). The van der Waals surface area contributed by atoms with Gasteiger partial charge in [0.25, 0.3) is 0 Å². The Labute approximate surface area is 194 Å². The van der Waals surface area contributed by atoms with Crippen molar-refractivity contribution in [3.05, 3.63) is 70.7 Å². The molecule has 0 spiro atoms. The number of thiazole rings is 1. The monoisotopic (exact) mass is 496 g/mol. The molecule has 0 radical (unpaired) electrons. The minimum atomic E-state index is -4.82. The summed E-state index contributed by atoms with van der Waals surface area (Å²) in [4.78, 5) is 6.84. The first-order valence-corrected chi connectivity index (χ1v) is 12.9. The Morgan fingerprint density at radius 1 is 1.09 bits per heavy atom. The lowest BCUT2D eigenvalue weighted by atomic mass is 10.1. The molecule has 1 saturated heterocycles. The first kappa shape index (κ1) is 23.6. The van der Waals surface area contributed by atoms with E-state index in [9.17, 15) is 21.6 Å². The van der Waals surface area contributed by atoms with Crippen molar-refractivity contribution in [2.45, 2.75) is 42.7 Å². The number of hydrogen-bond acceptors (Lipinski definition) is 6. The van der Waals surface area contributed by atoms with E-state index in [1.165, 1.54) is 23.3 Å². The van der Waals surface area contributed by atoms with Gasteiger partial charge < -0.3 is 9.64 Å². The largest absolute Gasteiger partial charge is 0.573 e. The predicted octanol–water partition coefficient (Wildman–Crippen LogP) is 5.38. The summed E-state index contributed by atoms with van der Waals surface area (Å²) in [7, 11) is -3.65. The average molecular weight is 497 g/mol. The third-order valence-corrected chi connectivity index (χ3v) is 8.94. The van der Waals surface area contributed by atoms with E-state index in [2.05, 4.69) is 28.7 Å². The molecule has 0 atom stereocenters. The smallest absolute Gasteiger partial charge is 0.406 e. The van der Waals surface area contributed by atoms with Crippen molar-refractivity contribution >= 4 is 26.3 Å². The predicted molar refractivity (Wildman–Crippen MR) is 122 cm³/mol. The molecule has 0 saturated carbocycles. The van der Waals surface area contributed by atoms with Crippen LogP contribution in [0.15, 0.2) is 58.8 Å². The second kappa shape index (κ2) is 9.34. The van der Waals surface area contributed by atoms with Crippen molar-refractivity contribution in [3.8, 4) is 5.75 Å². The number of halogens is 3. The number of alkyl halides is 3. The van der Waals surface area contributed by atoms with Gasteiger partial charge in [0.15, 0.2) is 15.0 Å². The van der Waals surface area contributed by atoms with E-state index in [1.54, 1.807) is 11.3 Å². The fourth-order valence-electron chi connectivity index (χ4n) is 3.91. The van der Waals surface area contributed by atoms with Gasteiger partial charge in [-0.3, -0.25) is 0 Å². The molecule has 0 bridgehead atoms. The summed E-state index contributed by atoms with van der Waals surface area (Å²) in [5, 5.41) is 2.33. The first-order valence-electron chi connectivity index (χ1n) is 10.5. The van der Waals surface area contributed by atoms with Crippen LogP contribution in [-0.4, -0.2) is 38.1 Å². The molecule has 0 N–H and O–H groups in total. The Bertz CT molecular complexity index is 1200. The number of piperidine rings is 1. The van der Waals surface area contributed by atoms with Crippen molar-refractivity contribution in [1.82, 2.24) is 4.98 Å². The van der Waals surface area contributed by atoms with Gasteiger partial charge in [-0.15, -0.1) is 24.5 Å². The maximum Gasteiger partial charge on any atom is 0.573 e. The average Bonchev–Trinajstić information content (AvgIpc) is 3.23. The van der Waals surface area contributed by atoms with Crippen molar-refractivity contribution in [2.75, 3.05) is 18.0 Å². The van der Waals surface area contributed by atoms with E-state index >= 15 is 0 Å². The topological polar surface area (TPSA) is 59.5 Å². The van der Waals surface area contributed by atoms with Crippen LogP contribution in [0.4, 0.5) is 18.3 Å². The summed E-state index contributed by atoms with van der Waals surface area (Å²) in [6.07, 6.45) is -3.21. The summed E-state index contributed by atoms with van der Waals surface area (Å²) in [6, 6.07) is 12.6. The summed E-state index contributed by atoms with van der Waals surface area (Å²) >= 11 is 1.55. The van der Waals surface area contributed by atoms with E-state index in [0.717, 1.165) is 29.4 Å². The Morgan fingerprint density at radius 2 is 1.76 bits per heavy atom. The molecule has 176 valence electrons. The number of benzene rings is 2. The molecule has 1 fully saturated rings. The maximum absolute atomic E-state index is 13.0. The molecule has 0 aliphatic carbocycles. The Balaban J connectivity index is 1.37. The minimum Gasteiger partial charge on any atom is -0.406 e. The molecular weight excluding hydrogens is 473 g/mol. The highest BCUT2D eigenvalue weighted by Gasteiger charge is 2.33. The molecule has 1 aliphatic rings. The van der Waals surface area contributed by atoms with Crippen LogP contribution < -0.4 is 9.64 Å². The van der Waals surface area contributed by atoms with Gasteiger partial charge >= 0.3 is 6.36 Å². The number of hydrogen-bond donors (Lipinski definition) is 0. The van der Waals surface area contributed by atoms with Gasteiger partial charge in [0.2, 0.25) is 0 Å². The highest BCUT2D eigenvalue weighted by atomic mass is 32.2. The van der Waals surface area contributed by atoms with E-state index in [4.69, 9.17) is 4.98 Å². The molecule has 33 heavy (non-hydrogen) atoms. The van der Waals surface area contributed by atoms with Crippen molar-refractivity contribution in [1.29, 1.82) is 0 Å². The molecule has 0 unspecified atom stereocenters. The lowest BCUT2D eigenvalue weighted by Crippen LogP contribution is -2.39. The van der Waals surface area contributed by atoms with Gasteiger partial charge in [-0.25, -0.2) is 13.4 Å². The molecule has 2 aromatic carbocycles. The lowest BCUT2D eigenvalue weighted by Gasteiger charge is -2.31. The summed E-state index contributed by atoms with van der Waals surface area (Å²) < 4.78 is 66.7. The standard InChI is InChI=1S/C23H23F3N2O3S2/c1-16-4-2-3-5-17(16)14-18-15-32-22(27-18)28-12-10-21(11-13-28)33(29,30)20-8-6-19(7-9-20)31-23(24,25)26/h2-9,15,21H,10-14H2,1H3. The molecule has 1 aliphatic heterocycles. The van der Waals surface area contributed by atoms with E-state index in [1.807, 2.05) is 17.5 Å². The summed E-state index contributed by atoms with van der Waals surface area (Å²) in [5.41, 5.74) is 3.43. The number of rotatable bonds is 6. The lowest BCUT2D eigenvalue weighted by molar-refractivity contribution is -0.274.